The SMILES string of the molecule is C1=Cc2c(n(-c3cccc4sc5cc(-c6ccc7oc8cc(C9NC(c%10ccccc%10)NC(c%10ccccc%10)N9)ccc8c7c6)ccc5c34)c3ccccc23)CC1. The Kier molecular flexibility index (Phi) is 7.60. The number of aromatic nitrogens is 1. The Morgan fingerprint density at radius 2 is 1.23 bits per heavy atom. The highest BCUT2D eigenvalue weighted by molar-refractivity contribution is 7.26. The third-order valence-corrected chi connectivity index (χ3v) is 13.1. The summed E-state index contributed by atoms with van der Waals surface area (Å²) in [6.07, 6.45) is 6.60. The minimum absolute atomic E-state index is 0.0297. The van der Waals surface area contributed by atoms with Gasteiger partial charge in [-0.05, 0) is 83.1 Å². The van der Waals surface area contributed by atoms with E-state index in [1.807, 2.05) is 11.3 Å². The Bertz CT molecular complexity index is 3150. The molecule has 2 aliphatic rings. The molecule has 4 heterocycles. The van der Waals surface area contributed by atoms with Crippen molar-refractivity contribution in [2.24, 2.45) is 0 Å². The molecule has 7 aromatic carbocycles. The van der Waals surface area contributed by atoms with Crippen molar-refractivity contribution in [1.82, 2.24) is 20.5 Å². The number of hydrogen-bond donors (Lipinski definition) is 3. The second-order valence-electron chi connectivity index (χ2n) is 15.3. The van der Waals surface area contributed by atoms with E-state index in [0.717, 1.165) is 40.3 Å². The van der Waals surface area contributed by atoms with Crippen molar-refractivity contribution in [3.8, 4) is 16.8 Å². The first-order chi connectivity index (χ1) is 28.2. The normalized spacial score (nSPS) is 18.3. The van der Waals surface area contributed by atoms with Gasteiger partial charge in [-0.1, -0.05) is 127 Å². The van der Waals surface area contributed by atoms with Crippen molar-refractivity contribution >= 4 is 70.4 Å². The van der Waals surface area contributed by atoms with Crippen LogP contribution in [-0.4, -0.2) is 4.57 Å². The minimum atomic E-state index is -0.0955. The summed E-state index contributed by atoms with van der Waals surface area (Å²) in [5.41, 5.74) is 13.0. The molecule has 10 aromatic rings. The molecule has 0 bridgehead atoms. The molecule has 5 nitrogen and oxygen atoms in total. The van der Waals surface area contributed by atoms with Gasteiger partial charge in [-0.25, -0.2) is 0 Å². The maximum atomic E-state index is 6.55. The molecule has 3 aromatic heterocycles. The highest BCUT2D eigenvalue weighted by atomic mass is 32.1. The van der Waals surface area contributed by atoms with Gasteiger partial charge in [0.2, 0.25) is 0 Å². The number of furan rings is 1. The number of rotatable bonds is 5. The molecule has 274 valence electrons. The molecule has 1 aliphatic carbocycles. The summed E-state index contributed by atoms with van der Waals surface area (Å²) >= 11 is 1.88. The summed E-state index contributed by atoms with van der Waals surface area (Å²) in [4.78, 5) is 0. The van der Waals surface area contributed by atoms with Gasteiger partial charge in [-0.3, -0.25) is 16.0 Å². The lowest BCUT2D eigenvalue weighted by Gasteiger charge is -2.39. The molecule has 57 heavy (non-hydrogen) atoms. The number of benzene rings is 7. The zero-order chi connectivity index (χ0) is 37.5. The van der Waals surface area contributed by atoms with Crippen LogP contribution in [0.1, 0.15) is 52.9 Å². The standard InChI is InChI=1S/C51H38N4OS/c1-3-12-31(13-4-1)49-52-50(32-14-5-2-6-15-32)54-51(53-49)35-23-25-38-40-28-33(24-27-44(40)56-45(38)29-35)34-22-26-39-47(30-34)57-46-21-11-20-43(48(39)46)55-41-18-9-7-16-36(41)37-17-8-10-19-42(37)55/h1-9,11-18,20-30,49-54H,10,19H2. The van der Waals surface area contributed by atoms with Crippen LogP contribution in [0, 0.1) is 0 Å². The molecule has 0 radical (unpaired) electrons. The van der Waals surface area contributed by atoms with Gasteiger partial charge in [0.05, 0.1) is 29.7 Å². The van der Waals surface area contributed by atoms with E-state index in [4.69, 9.17) is 4.42 Å². The van der Waals surface area contributed by atoms with Crippen LogP contribution in [0.2, 0.25) is 0 Å². The molecule has 0 saturated carbocycles. The van der Waals surface area contributed by atoms with Gasteiger partial charge < -0.3 is 8.98 Å². The van der Waals surface area contributed by atoms with Crippen molar-refractivity contribution in [3.05, 3.63) is 192 Å². The Morgan fingerprint density at radius 1 is 0.526 bits per heavy atom. The van der Waals surface area contributed by atoms with Crippen molar-refractivity contribution in [1.29, 1.82) is 0 Å². The van der Waals surface area contributed by atoms with Crippen molar-refractivity contribution in [3.63, 3.8) is 0 Å². The summed E-state index contributed by atoms with van der Waals surface area (Å²) in [6.45, 7) is 0. The highest BCUT2D eigenvalue weighted by Gasteiger charge is 2.30. The summed E-state index contributed by atoms with van der Waals surface area (Å²) in [5.74, 6) is 0. The van der Waals surface area contributed by atoms with E-state index in [2.05, 4.69) is 190 Å². The zero-order valence-corrected chi connectivity index (χ0v) is 31.9. The number of fused-ring (bicyclic) bond motifs is 9. The van der Waals surface area contributed by atoms with Gasteiger partial charge in [0.25, 0.3) is 0 Å². The Morgan fingerprint density at radius 3 is 2.04 bits per heavy atom. The lowest BCUT2D eigenvalue weighted by molar-refractivity contribution is 0.203. The predicted octanol–water partition coefficient (Wildman–Crippen LogP) is 12.7. The van der Waals surface area contributed by atoms with E-state index in [1.54, 1.807) is 0 Å². The van der Waals surface area contributed by atoms with Crippen LogP contribution in [0.3, 0.4) is 0 Å². The second kappa shape index (κ2) is 13.2. The zero-order valence-electron chi connectivity index (χ0n) is 31.1. The Balaban J connectivity index is 0.907. The number of para-hydroxylation sites is 1. The second-order valence-corrected chi connectivity index (χ2v) is 16.4. The van der Waals surface area contributed by atoms with Crippen LogP contribution in [0.4, 0.5) is 0 Å². The van der Waals surface area contributed by atoms with Gasteiger partial charge in [0.15, 0.2) is 0 Å². The van der Waals surface area contributed by atoms with Crippen molar-refractivity contribution in [2.45, 2.75) is 31.3 Å². The fourth-order valence-electron chi connectivity index (χ4n) is 9.29. The van der Waals surface area contributed by atoms with Gasteiger partial charge in [0, 0.05) is 47.6 Å². The molecule has 1 aliphatic heterocycles. The number of nitrogens with one attached hydrogen (secondary N) is 3. The maximum Gasteiger partial charge on any atom is 0.135 e. The van der Waals surface area contributed by atoms with Crippen LogP contribution in [0.25, 0.3) is 75.9 Å². The topological polar surface area (TPSA) is 54.2 Å². The number of hydrogen-bond acceptors (Lipinski definition) is 5. The average molecular weight is 755 g/mol. The molecular weight excluding hydrogens is 717 g/mol. The molecule has 12 rings (SSSR count). The first-order valence-electron chi connectivity index (χ1n) is 19.8. The molecule has 2 atom stereocenters. The van der Waals surface area contributed by atoms with Crippen LogP contribution in [0.15, 0.2) is 168 Å². The van der Waals surface area contributed by atoms with Crippen molar-refractivity contribution < 1.29 is 4.42 Å². The summed E-state index contributed by atoms with van der Waals surface area (Å²) in [5, 5.41) is 17.6. The van der Waals surface area contributed by atoms with Crippen LogP contribution in [0.5, 0.6) is 0 Å². The summed E-state index contributed by atoms with van der Waals surface area (Å²) in [7, 11) is 0. The predicted molar refractivity (Wildman–Crippen MR) is 237 cm³/mol. The van der Waals surface area contributed by atoms with Gasteiger partial charge in [-0.2, -0.15) is 0 Å². The summed E-state index contributed by atoms with van der Waals surface area (Å²) < 4.78 is 11.7. The quantitative estimate of drug-likeness (QED) is 0.164. The molecule has 3 N–H and O–H groups in total. The number of allylic oxidation sites excluding steroid dienone is 1. The molecule has 6 heteroatoms. The molecule has 0 spiro atoms. The monoisotopic (exact) mass is 754 g/mol. The van der Waals surface area contributed by atoms with Gasteiger partial charge in [-0.15, -0.1) is 11.3 Å². The first kappa shape index (κ1) is 32.9. The van der Waals surface area contributed by atoms with E-state index in [1.165, 1.54) is 70.3 Å². The summed E-state index contributed by atoms with van der Waals surface area (Å²) in [6, 6.07) is 57.1. The lowest BCUT2D eigenvalue weighted by Crippen LogP contribution is -2.54. The molecule has 0 amide bonds. The third-order valence-electron chi connectivity index (χ3n) is 12.0. The van der Waals surface area contributed by atoms with Crippen LogP contribution >= 0.6 is 11.3 Å². The minimum Gasteiger partial charge on any atom is -0.456 e. The fourth-order valence-corrected chi connectivity index (χ4v) is 10.5. The van der Waals surface area contributed by atoms with Crippen LogP contribution in [-0.2, 0) is 6.42 Å². The first-order valence-corrected chi connectivity index (χ1v) is 20.6. The highest BCUT2D eigenvalue weighted by Crippen LogP contribution is 2.43. The van der Waals surface area contributed by atoms with E-state index in [0.29, 0.717) is 0 Å². The average Bonchev–Trinajstić information content (AvgIpc) is 3.95. The van der Waals surface area contributed by atoms with E-state index >= 15 is 0 Å². The number of thiophene rings is 1. The largest absolute Gasteiger partial charge is 0.456 e. The Labute approximate surface area is 333 Å². The lowest BCUT2D eigenvalue weighted by atomic mass is 10.00. The van der Waals surface area contributed by atoms with E-state index in [9.17, 15) is 0 Å². The third kappa shape index (κ3) is 5.41. The van der Waals surface area contributed by atoms with Gasteiger partial charge >= 0.3 is 0 Å². The molecule has 1 fully saturated rings. The Hall–Kier alpha value is -6.28. The fraction of sp³-hybridized carbons (Fsp3) is 0.0980. The van der Waals surface area contributed by atoms with Gasteiger partial charge in [0.1, 0.15) is 11.2 Å². The van der Waals surface area contributed by atoms with Crippen LogP contribution < -0.4 is 16.0 Å². The molecule has 1 saturated heterocycles. The van der Waals surface area contributed by atoms with E-state index in [-0.39, 0.29) is 18.5 Å². The number of nitrogens with zero attached hydrogens (tertiary/aromatic N) is 1. The van der Waals surface area contributed by atoms with E-state index < -0.39 is 0 Å². The van der Waals surface area contributed by atoms with Crippen molar-refractivity contribution in [2.75, 3.05) is 0 Å². The maximum absolute atomic E-state index is 6.55. The molecule has 2 unspecified atom stereocenters. The molecular formula is C51H38N4OS. The smallest absolute Gasteiger partial charge is 0.135 e.